The van der Waals surface area contributed by atoms with Crippen molar-refractivity contribution in [2.24, 2.45) is 0 Å². The fraction of sp³-hybridized carbons (Fsp3) is 0.381. The number of benzene rings is 2. The van der Waals surface area contributed by atoms with E-state index in [1.54, 1.807) is 12.1 Å². The van der Waals surface area contributed by atoms with E-state index >= 15 is 0 Å². The van der Waals surface area contributed by atoms with Crippen molar-refractivity contribution in [3.8, 4) is 23.0 Å². The monoisotopic (exact) mass is 434 g/mol. The maximum Gasteiger partial charge on any atom is 0.229 e. The Kier molecular flexibility index (Phi) is 5.73. The second-order valence-electron chi connectivity index (χ2n) is 7.46. The first kappa shape index (κ1) is 21.3. The van der Waals surface area contributed by atoms with Gasteiger partial charge in [-0.25, -0.2) is 0 Å². The van der Waals surface area contributed by atoms with Gasteiger partial charge in [-0.1, -0.05) is 12.1 Å². The maximum absolute atomic E-state index is 12.9. The number of ketones is 1. The van der Waals surface area contributed by atoms with Crippen LogP contribution < -0.4 is 9.47 Å². The zero-order valence-electron chi connectivity index (χ0n) is 16.2. The first-order chi connectivity index (χ1) is 14.8. The van der Waals surface area contributed by atoms with Crippen LogP contribution in [0.4, 0.5) is 0 Å². The predicted molar refractivity (Wildman–Crippen MR) is 103 cm³/mol. The van der Waals surface area contributed by atoms with E-state index in [4.69, 9.17) is 14.2 Å². The van der Waals surface area contributed by atoms with E-state index in [1.165, 1.54) is 18.2 Å². The van der Waals surface area contributed by atoms with Gasteiger partial charge in [0.2, 0.25) is 6.29 Å². The lowest BCUT2D eigenvalue weighted by Gasteiger charge is -2.40. The molecule has 0 spiro atoms. The number of aliphatic hydroxyl groups is 4. The van der Waals surface area contributed by atoms with Gasteiger partial charge in [-0.15, -0.1) is 0 Å². The number of phenolic OH excluding ortho intramolecular Hbond substituents is 2. The standard InChI is InChI=1S/C21H22O10/c22-8-16-18(26)19(27)20(28)21(31-16)30-15-6-11(24)5-14-17(15)12(25)7-13(29-14)9-1-3-10(23)4-2-9/h1-6,13,16,18-24,26-28H,7-8H2/t13-,16+,18+,19-,20+,21+/m0/s1. The van der Waals surface area contributed by atoms with Crippen molar-refractivity contribution in [1.82, 2.24) is 0 Å². The van der Waals surface area contributed by atoms with Crippen molar-refractivity contribution >= 4 is 5.78 Å². The van der Waals surface area contributed by atoms with Gasteiger partial charge in [-0.05, 0) is 17.7 Å². The first-order valence-electron chi connectivity index (χ1n) is 9.61. The van der Waals surface area contributed by atoms with E-state index in [2.05, 4.69) is 0 Å². The molecule has 0 unspecified atom stereocenters. The van der Waals surface area contributed by atoms with Gasteiger partial charge in [-0.3, -0.25) is 4.79 Å². The van der Waals surface area contributed by atoms with Crippen LogP contribution in [0.5, 0.6) is 23.0 Å². The van der Waals surface area contributed by atoms with Crippen LogP contribution in [-0.4, -0.2) is 73.7 Å². The number of phenols is 2. The van der Waals surface area contributed by atoms with E-state index < -0.39 is 43.4 Å². The van der Waals surface area contributed by atoms with Gasteiger partial charge in [0.05, 0.1) is 13.0 Å². The highest BCUT2D eigenvalue weighted by Gasteiger charge is 2.45. The Balaban J connectivity index is 1.63. The zero-order chi connectivity index (χ0) is 22.3. The van der Waals surface area contributed by atoms with E-state index in [0.717, 1.165) is 6.07 Å². The molecule has 0 radical (unpaired) electrons. The second-order valence-corrected chi connectivity index (χ2v) is 7.46. The highest BCUT2D eigenvalue weighted by Crippen LogP contribution is 2.43. The lowest BCUT2D eigenvalue weighted by molar-refractivity contribution is -0.277. The smallest absolute Gasteiger partial charge is 0.229 e. The van der Waals surface area contributed by atoms with Crippen LogP contribution in [0.2, 0.25) is 0 Å². The minimum Gasteiger partial charge on any atom is -0.508 e. The molecule has 166 valence electrons. The number of rotatable bonds is 4. The molecule has 6 N–H and O–H groups in total. The number of fused-ring (bicyclic) bond motifs is 1. The number of Topliss-reactive ketones (excluding diaryl/α,β-unsaturated/α-hetero) is 1. The van der Waals surface area contributed by atoms with Crippen molar-refractivity contribution in [1.29, 1.82) is 0 Å². The van der Waals surface area contributed by atoms with Crippen molar-refractivity contribution in [3.05, 3.63) is 47.5 Å². The van der Waals surface area contributed by atoms with Crippen LogP contribution in [0.1, 0.15) is 28.4 Å². The predicted octanol–water partition coefficient (Wildman–Crippen LogP) is -0.0170. The topological polar surface area (TPSA) is 166 Å². The van der Waals surface area contributed by atoms with Gasteiger partial charge in [0.1, 0.15) is 59.1 Å². The Morgan fingerprint density at radius 2 is 1.68 bits per heavy atom. The fourth-order valence-corrected chi connectivity index (χ4v) is 3.67. The van der Waals surface area contributed by atoms with Crippen LogP contribution in [-0.2, 0) is 4.74 Å². The lowest BCUT2D eigenvalue weighted by Crippen LogP contribution is -2.60. The molecule has 1 fully saturated rings. The van der Waals surface area contributed by atoms with Gasteiger partial charge in [0.25, 0.3) is 0 Å². The molecular weight excluding hydrogens is 412 g/mol. The number of hydrogen-bond donors (Lipinski definition) is 6. The van der Waals surface area contributed by atoms with E-state index in [0.29, 0.717) is 5.56 Å². The molecule has 4 rings (SSSR count). The van der Waals surface area contributed by atoms with Crippen LogP contribution in [0, 0.1) is 0 Å². The van der Waals surface area contributed by atoms with Crippen LogP contribution in [0.3, 0.4) is 0 Å². The third kappa shape index (κ3) is 4.03. The average Bonchev–Trinajstić information content (AvgIpc) is 2.74. The number of aliphatic hydroxyl groups excluding tert-OH is 4. The first-order valence-corrected chi connectivity index (χ1v) is 9.61. The Hall–Kier alpha value is -2.89. The van der Waals surface area contributed by atoms with Crippen molar-refractivity contribution in [2.75, 3.05) is 6.61 Å². The normalized spacial score (nSPS) is 30.4. The fourth-order valence-electron chi connectivity index (χ4n) is 3.67. The third-order valence-electron chi connectivity index (χ3n) is 5.33. The molecule has 0 saturated carbocycles. The summed E-state index contributed by atoms with van der Waals surface area (Å²) < 4.78 is 16.8. The van der Waals surface area contributed by atoms with Gasteiger partial charge in [0.15, 0.2) is 5.78 Å². The molecule has 0 bridgehead atoms. The number of aromatic hydroxyl groups is 2. The highest BCUT2D eigenvalue weighted by atomic mass is 16.7. The maximum atomic E-state index is 12.9. The van der Waals surface area contributed by atoms with Gasteiger partial charge in [-0.2, -0.15) is 0 Å². The van der Waals surface area contributed by atoms with Crippen LogP contribution in [0.25, 0.3) is 0 Å². The molecule has 2 aromatic carbocycles. The summed E-state index contributed by atoms with van der Waals surface area (Å²) in [6.45, 7) is -0.640. The SMILES string of the molecule is O=C1C[C@@H](c2ccc(O)cc2)Oc2cc(O)cc(O[C@@H]3O[C@H](CO)[C@@H](O)[C@H](O)[C@H]3O)c21. The number of ether oxygens (including phenoxy) is 3. The molecule has 2 aromatic rings. The molecule has 2 heterocycles. The summed E-state index contributed by atoms with van der Waals surface area (Å²) >= 11 is 0. The molecule has 0 aromatic heterocycles. The third-order valence-corrected chi connectivity index (χ3v) is 5.33. The van der Waals surface area contributed by atoms with Crippen LogP contribution in [0.15, 0.2) is 36.4 Å². The number of carbonyl (C=O) groups excluding carboxylic acids is 1. The summed E-state index contributed by atoms with van der Waals surface area (Å²) in [5.41, 5.74) is 0.668. The summed E-state index contributed by atoms with van der Waals surface area (Å²) in [6, 6.07) is 8.56. The Bertz CT molecular complexity index is 957. The number of hydrogen-bond acceptors (Lipinski definition) is 10. The minimum atomic E-state index is -1.68. The quantitative estimate of drug-likeness (QED) is 0.385. The number of carbonyl (C=O) groups is 1. The minimum absolute atomic E-state index is 0.0183. The largest absolute Gasteiger partial charge is 0.508 e. The van der Waals surface area contributed by atoms with Gasteiger partial charge >= 0.3 is 0 Å². The molecule has 0 amide bonds. The Morgan fingerprint density at radius 3 is 2.35 bits per heavy atom. The van der Waals surface area contributed by atoms with Gasteiger partial charge in [0, 0.05) is 12.1 Å². The summed E-state index contributed by atoms with van der Waals surface area (Å²) in [6.07, 6.45) is -8.31. The summed E-state index contributed by atoms with van der Waals surface area (Å²) in [5.74, 6) is -0.669. The molecule has 2 aliphatic heterocycles. The van der Waals surface area contributed by atoms with Crippen molar-refractivity contribution < 1.29 is 49.6 Å². The zero-order valence-corrected chi connectivity index (χ0v) is 16.2. The second kappa shape index (κ2) is 8.33. The summed E-state index contributed by atoms with van der Waals surface area (Å²) in [4.78, 5) is 12.9. The van der Waals surface area contributed by atoms with E-state index in [-0.39, 0.29) is 40.8 Å². The van der Waals surface area contributed by atoms with E-state index in [1.807, 2.05) is 0 Å². The molecular formula is C21H22O10. The lowest BCUT2D eigenvalue weighted by atomic mass is 9.95. The average molecular weight is 434 g/mol. The van der Waals surface area contributed by atoms with Gasteiger partial charge < -0.3 is 44.8 Å². The molecule has 1 saturated heterocycles. The summed E-state index contributed by atoms with van der Waals surface area (Å²) in [7, 11) is 0. The molecule has 10 nitrogen and oxygen atoms in total. The molecule has 0 aliphatic carbocycles. The molecule has 6 atom stereocenters. The molecule has 10 heteroatoms. The van der Waals surface area contributed by atoms with Crippen molar-refractivity contribution in [3.63, 3.8) is 0 Å². The van der Waals surface area contributed by atoms with E-state index in [9.17, 15) is 35.4 Å². The Morgan fingerprint density at radius 1 is 0.968 bits per heavy atom. The molecule has 2 aliphatic rings. The van der Waals surface area contributed by atoms with Crippen LogP contribution >= 0.6 is 0 Å². The molecule has 31 heavy (non-hydrogen) atoms. The van der Waals surface area contributed by atoms with Crippen molar-refractivity contribution in [2.45, 2.75) is 43.2 Å². The highest BCUT2D eigenvalue weighted by molar-refractivity contribution is 6.02. The summed E-state index contributed by atoms with van der Waals surface area (Å²) in [5, 5.41) is 58.9. The Labute approximate surface area is 176 Å².